The predicted molar refractivity (Wildman–Crippen MR) is 94.6 cm³/mol. The summed E-state index contributed by atoms with van der Waals surface area (Å²) in [6.45, 7) is 6.03. The van der Waals surface area contributed by atoms with Crippen molar-refractivity contribution < 1.29 is 9.53 Å². The topological polar surface area (TPSA) is 77.2 Å². The molecule has 8 heteroatoms. The number of nitrogens with one attached hydrogen (secondary N) is 1. The summed E-state index contributed by atoms with van der Waals surface area (Å²) in [7, 11) is 1.66. The summed E-state index contributed by atoms with van der Waals surface area (Å²) in [5, 5.41) is 11.7. The number of carbonyl (C=O) groups excluding carboxylic acids is 1. The molecule has 1 aliphatic heterocycles. The number of piperidine rings is 1. The Morgan fingerprint density at radius 2 is 2.36 bits per heavy atom. The summed E-state index contributed by atoms with van der Waals surface area (Å²) in [6, 6.07) is 2.05. The first-order valence-electron chi connectivity index (χ1n) is 8.67. The van der Waals surface area contributed by atoms with Crippen LogP contribution in [0, 0.1) is 6.92 Å². The zero-order valence-corrected chi connectivity index (χ0v) is 15.1. The van der Waals surface area contributed by atoms with Crippen LogP contribution >= 0.6 is 0 Å². The molecule has 2 atom stereocenters. The summed E-state index contributed by atoms with van der Waals surface area (Å²) in [4.78, 5) is 14.4. The highest BCUT2D eigenvalue weighted by Crippen LogP contribution is 2.22. The molecule has 1 saturated heterocycles. The van der Waals surface area contributed by atoms with Crippen LogP contribution in [0.25, 0.3) is 0 Å². The van der Waals surface area contributed by atoms with Gasteiger partial charge in [0.15, 0.2) is 5.82 Å². The van der Waals surface area contributed by atoms with Crippen molar-refractivity contribution in [2.45, 2.75) is 38.8 Å². The highest BCUT2D eigenvalue weighted by Gasteiger charge is 2.25. The Kier molecular flexibility index (Phi) is 5.37. The lowest BCUT2D eigenvalue weighted by atomic mass is 10.1. The maximum atomic E-state index is 12.6. The zero-order chi connectivity index (χ0) is 17.8. The minimum Gasteiger partial charge on any atom is -0.382 e. The van der Waals surface area contributed by atoms with Crippen LogP contribution in [0.4, 0.5) is 10.6 Å². The van der Waals surface area contributed by atoms with Crippen LogP contribution in [0.1, 0.15) is 37.4 Å². The van der Waals surface area contributed by atoms with Crippen molar-refractivity contribution in [3.8, 4) is 0 Å². The van der Waals surface area contributed by atoms with Gasteiger partial charge in [0.25, 0.3) is 0 Å². The molecule has 2 aromatic rings. The number of hydrogen-bond donors (Lipinski definition) is 1. The minimum absolute atomic E-state index is 0.113. The summed E-state index contributed by atoms with van der Waals surface area (Å²) < 4.78 is 8.90. The molecular formula is C17H26N6O2. The summed E-state index contributed by atoms with van der Waals surface area (Å²) >= 11 is 0. The standard InChI is InChI=1S/C17H26N6O2/c1-13-9-18-23(10-13)15-5-4-7-21(11-15)17(24)19-16-6-8-22(20-16)14(2)12-25-3/h6,8-10,14-15H,4-5,7,11-12H2,1-3H3,(H,19,20,24)/t14-,15+/m1/s1. The minimum atomic E-state index is -0.113. The number of aryl methyl sites for hydroxylation is 1. The third-order valence-electron chi connectivity index (χ3n) is 4.49. The largest absolute Gasteiger partial charge is 0.382 e. The highest BCUT2D eigenvalue weighted by molar-refractivity contribution is 5.88. The van der Waals surface area contributed by atoms with Crippen molar-refractivity contribution in [1.29, 1.82) is 0 Å². The normalized spacial score (nSPS) is 19.0. The van der Waals surface area contributed by atoms with Crippen LogP contribution in [0.3, 0.4) is 0 Å². The number of urea groups is 1. The summed E-state index contributed by atoms with van der Waals surface area (Å²) in [5.41, 5.74) is 1.14. The lowest BCUT2D eigenvalue weighted by molar-refractivity contribution is 0.157. The van der Waals surface area contributed by atoms with Gasteiger partial charge in [-0.1, -0.05) is 0 Å². The third-order valence-corrected chi connectivity index (χ3v) is 4.49. The maximum absolute atomic E-state index is 12.6. The van der Waals surface area contributed by atoms with Gasteiger partial charge in [0, 0.05) is 38.7 Å². The number of hydrogen-bond acceptors (Lipinski definition) is 4. The van der Waals surface area contributed by atoms with E-state index in [9.17, 15) is 4.79 Å². The highest BCUT2D eigenvalue weighted by atomic mass is 16.5. The van der Waals surface area contributed by atoms with Crippen LogP contribution in [0.5, 0.6) is 0 Å². The molecule has 3 heterocycles. The molecule has 0 saturated carbocycles. The van der Waals surface area contributed by atoms with E-state index in [1.165, 1.54) is 0 Å². The molecule has 0 aromatic carbocycles. The van der Waals surface area contributed by atoms with Gasteiger partial charge in [0.05, 0.1) is 24.9 Å². The van der Waals surface area contributed by atoms with E-state index in [2.05, 4.69) is 15.5 Å². The van der Waals surface area contributed by atoms with E-state index in [1.807, 2.05) is 48.1 Å². The van der Waals surface area contributed by atoms with Crippen molar-refractivity contribution in [2.24, 2.45) is 0 Å². The smallest absolute Gasteiger partial charge is 0.323 e. The number of nitrogens with zero attached hydrogens (tertiary/aromatic N) is 5. The Labute approximate surface area is 147 Å². The van der Waals surface area contributed by atoms with Gasteiger partial charge in [-0.15, -0.1) is 0 Å². The number of amides is 2. The van der Waals surface area contributed by atoms with Crippen LogP contribution in [0.2, 0.25) is 0 Å². The first-order valence-corrected chi connectivity index (χ1v) is 8.67. The van der Waals surface area contributed by atoms with Crippen LogP contribution in [-0.4, -0.2) is 57.3 Å². The molecule has 1 fully saturated rings. The van der Waals surface area contributed by atoms with Crippen LogP contribution < -0.4 is 5.32 Å². The maximum Gasteiger partial charge on any atom is 0.323 e. The monoisotopic (exact) mass is 346 g/mol. The van der Waals surface area contributed by atoms with Gasteiger partial charge in [-0.3, -0.25) is 14.7 Å². The molecule has 1 N–H and O–H groups in total. The van der Waals surface area contributed by atoms with Gasteiger partial charge in [0.1, 0.15) is 0 Å². The van der Waals surface area contributed by atoms with E-state index in [0.29, 0.717) is 19.0 Å². The van der Waals surface area contributed by atoms with E-state index in [0.717, 1.165) is 24.9 Å². The Morgan fingerprint density at radius 1 is 1.52 bits per heavy atom. The number of methoxy groups -OCH3 is 1. The van der Waals surface area contributed by atoms with Crippen molar-refractivity contribution in [2.75, 3.05) is 32.1 Å². The molecule has 25 heavy (non-hydrogen) atoms. The Balaban J connectivity index is 1.59. The average Bonchev–Trinajstić information content (AvgIpc) is 3.24. The Morgan fingerprint density at radius 3 is 3.08 bits per heavy atom. The Hall–Kier alpha value is -2.35. The van der Waals surface area contributed by atoms with Crippen molar-refractivity contribution in [3.05, 3.63) is 30.2 Å². The number of ether oxygens (including phenoxy) is 1. The SMILES string of the molecule is COC[C@@H](C)n1ccc(NC(=O)N2CCC[C@H](n3cc(C)cn3)C2)n1. The molecule has 0 aliphatic carbocycles. The average molecular weight is 346 g/mol. The number of rotatable bonds is 5. The number of anilines is 1. The van der Waals surface area contributed by atoms with Gasteiger partial charge in [-0.05, 0) is 32.3 Å². The number of aromatic nitrogens is 4. The van der Waals surface area contributed by atoms with Crippen LogP contribution in [-0.2, 0) is 4.74 Å². The fraction of sp³-hybridized carbons (Fsp3) is 0.588. The van der Waals surface area contributed by atoms with Crippen molar-refractivity contribution in [1.82, 2.24) is 24.5 Å². The molecular weight excluding hydrogens is 320 g/mol. The second-order valence-corrected chi connectivity index (χ2v) is 6.66. The van der Waals surface area contributed by atoms with E-state index in [-0.39, 0.29) is 18.1 Å². The van der Waals surface area contributed by atoms with Crippen molar-refractivity contribution in [3.63, 3.8) is 0 Å². The molecule has 8 nitrogen and oxygen atoms in total. The quantitative estimate of drug-likeness (QED) is 0.902. The summed E-state index contributed by atoms with van der Waals surface area (Å²) in [6.07, 6.45) is 7.74. The van der Waals surface area contributed by atoms with Crippen LogP contribution in [0.15, 0.2) is 24.7 Å². The Bertz CT molecular complexity index is 710. The molecule has 0 unspecified atom stereocenters. The van der Waals surface area contributed by atoms with E-state index in [4.69, 9.17) is 4.74 Å². The van der Waals surface area contributed by atoms with Gasteiger partial charge >= 0.3 is 6.03 Å². The number of likely N-dealkylation sites (tertiary alicyclic amines) is 1. The molecule has 1 aliphatic rings. The van der Waals surface area contributed by atoms with Gasteiger partial charge in [-0.2, -0.15) is 10.2 Å². The van der Waals surface area contributed by atoms with E-state index >= 15 is 0 Å². The van der Waals surface area contributed by atoms with Gasteiger partial charge in [0.2, 0.25) is 0 Å². The van der Waals surface area contributed by atoms with Crippen molar-refractivity contribution >= 4 is 11.8 Å². The lowest BCUT2D eigenvalue weighted by Crippen LogP contribution is -2.43. The lowest BCUT2D eigenvalue weighted by Gasteiger charge is -2.32. The second kappa shape index (κ2) is 7.69. The molecule has 3 rings (SSSR count). The number of carbonyl (C=O) groups is 1. The molecule has 136 valence electrons. The molecule has 0 radical (unpaired) electrons. The molecule has 2 amide bonds. The molecule has 2 aromatic heterocycles. The fourth-order valence-corrected chi connectivity index (χ4v) is 3.14. The zero-order valence-electron chi connectivity index (χ0n) is 15.1. The first-order chi connectivity index (χ1) is 12.1. The second-order valence-electron chi connectivity index (χ2n) is 6.66. The molecule has 0 bridgehead atoms. The van der Waals surface area contributed by atoms with E-state index < -0.39 is 0 Å². The van der Waals surface area contributed by atoms with Gasteiger partial charge in [-0.25, -0.2) is 4.79 Å². The fourth-order valence-electron chi connectivity index (χ4n) is 3.14. The van der Waals surface area contributed by atoms with Gasteiger partial charge < -0.3 is 9.64 Å². The summed E-state index contributed by atoms with van der Waals surface area (Å²) in [5.74, 6) is 0.560. The first kappa shape index (κ1) is 17.5. The van der Waals surface area contributed by atoms with E-state index in [1.54, 1.807) is 11.8 Å². The molecule has 0 spiro atoms. The third kappa shape index (κ3) is 4.19. The predicted octanol–water partition coefficient (Wildman–Crippen LogP) is 2.46.